The largest absolute Gasteiger partial charge is 0.462 e. The van der Waals surface area contributed by atoms with Gasteiger partial charge in [-0.15, -0.1) is 0 Å². The van der Waals surface area contributed by atoms with E-state index in [0.717, 1.165) is 5.39 Å². The van der Waals surface area contributed by atoms with Crippen LogP contribution in [0, 0.1) is 0 Å². The van der Waals surface area contributed by atoms with E-state index >= 15 is 0 Å². The monoisotopic (exact) mass is 263 g/mol. The summed E-state index contributed by atoms with van der Waals surface area (Å²) < 4.78 is 5.41. The molecular weight excluding hydrogens is 254 g/mol. The molecule has 0 radical (unpaired) electrons. The van der Waals surface area contributed by atoms with E-state index in [1.165, 1.54) is 4.90 Å². The first-order valence-electron chi connectivity index (χ1n) is 6.21. The Morgan fingerprint density at radius 1 is 0.800 bits per heavy atom. The number of amides is 2. The van der Waals surface area contributed by atoms with Crippen molar-refractivity contribution in [2.24, 2.45) is 0 Å². The molecule has 4 rings (SSSR count). The number of hydrogen-bond acceptors (Lipinski definition) is 3. The molecule has 2 aromatic carbocycles. The Bertz CT molecular complexity index is 828. The number of rotatable bonds is 1. The fourth-order valence-corrected chi connectivity index (χ4v) is 2.56. The van der Waals surface area contributed by atoms with Crippen LogP contribution in [0.2, 0.25) is 0 Å². The third kappa shape index (κ3) is 1.30. The van der Waals surface area contributed by atoms with Crippen molar-refractivity contribution in [3.8, 4) is 0 Å². The molecule has 0 atom stereocenters. The molecule has 0 spiro atoms. The smallest absolute Gasteiger partial charge is 0.266 e. The van der Waals surface area contributed by atoms with Crippen LogP contribution in [0.1, 0.15) is 20.7 Å². The summed E-state index contributed by atoms with van der Waals surface area (Å²) in [6.07, 6.45) is 1.55. The molecule has 1 aliphatic heterocycles. The van der Waals surface area contributed by atoms with Crippen LogP contribution in [0.15, 0.2) is 59.2 Å². The summed E-state index contributed by atoms with van der Waals surface area (Å²) in [5, 5.41) is 0.860. The highest BCUT2D eigenvalue weighted by atomic mass is 16.3. The first-order chi connectivity index (χ1) is 9.77. The normalized spacial score (nSPS) is 14.1. The van der Waals surface area contributed by atoms with E-state index in [0.29, 0.717) is 22.4 Å². The maximum absolute atomic E-state index is 12.4. The van der Waals surface area contributed by atoms with E-state index in [2.05, 4.69) is 0 Å². The molecule has 2 heterocycles. The standard InChI is InChI=1S/C16H9NO3/c18-15-11-5-1-2-6-12(11)16(19)17(15)13-7-3-4-10-8-9-20-14(10)13/h1-9H. The zero-order chi connectivity index (χ0) is 13.7. The minimum atomic E-state index is -0.311. The van der Waals surface area contributed by atoms with Crippen LogP contribution in [-0.4, -0.2) is 11.8 Å². The zero-order valence-electron chi connectivity index (χ0n) is 10.4. The van der Waals surface area contributed by atoms with Gasteiger partial charge in [0.2, 0.25) is 0 Å². The Balaban J connectivity index is 1.95. The van der Waals surface area contributed by atoms with Crippen molar-refractivity contribution in [1.82, 2.24) is 0 Å². The Hall–Kier alpha value is -2.88. The lowest BCUT2D eigenvalue weighted by molar-refractivity contribution is 0.0926. The molecule has 1 aromatic heterocycles. The number of fused-ring (bicyclic) bond motifs is 2. The molecule has 0 saturated heterocycles. The van der Waals surface area contributed by atoms with Crippen molar-refractivity contribution < 1.29 is 14.0 Å². The van der Waals surface area contributed by atoms with Crippen LogP contribution in [0.5, 0.6) is 0 Å². The fourth-order valence-electron chi connectivity index (χ4n) is 2.56. The van der Waals surface area contributed by atoms with Gasteiger partial charge in [-0.2, -0.15) is 0 Å². The van der Waals surface area contributed by atoms with Gasteiger partial charge in [-0.05, 0) is 24.3 Å². The van der Waals surface area contributed by atoms with Gasteiger partial charge in [-0.3, -0.25) is 9.59 Å². The fraction of sp³-hybridized carbons (Fsp3) is 0. The van der Waals surface area contributed by atoms with E-state index < -0.39 is 0 Å². The van der Waals surface area contributed by atoms with Crippen molar-refractivity contribution in [3.05, 3.63) is 65.9 Å². The summed E-state index contributed by atoms with van der Waals surface area (Å²) in [5.74, 6) is -0.621. The predicted molar refractivity (Wildman–Crippen MR) is 73.8 cm³/mol. The number of nitrogens with zero attached hydrogens (tertiary/aromatic N) is 1. The number of carbonyl (C=O) groups excluding carboxylic acids is 2. The van der Waals surface area contributed by atoms with Crippen LogP contribution >= 0.6 is 0 Å². The zero-order valence-corrected chi connectivity index (χ0v) is 10.4. The second-order valence-electron chi connectivity index (χ2n) is 4.61. The summed E-state index contributed by atoms with van der Waals surface area (Å²) >= 11 is 0. The highest BCUT2D eigenvalue weighted by Gasteiger charge is 2.37. The molecule has 0 bridgehead atoms. The minimum absolute atomic E-state index is 0.311. The third-order valence-electron chi connectivity index (χ3n) is 3.49. The molecule has 0 unspecified atom stereocenters. The van der Waals surface area contributed by atoms with Crippen LogP contribution in [-0.2, 0) is 0 Å². The maximum atomic E-state index is 12.4. The molecule has 96 valence electrons. The first kappa shape index (κ1) is 11.0. The molecular formula is C16H9NO3. The van der Waals surface area contributed by atoms with Gasteiger partial charge in [0.25, 0.3) is 11.8 Å². The molecule has 1 aliphatic rings. The van der Waals surface area contributed by atoms with Crippen molar-refractivity contribution >= 4 is 28.5 Å². The third-order valence-corrected chi connectivity index (χ3v) is 3.49. The minimum Gasteiger partial charge on any atom is -0.462 e. The van der Waals surface area contributed by atoms with Gasteiger partial charge in [-0.1, -0.05) is 24.3 Å². The molecule has 2 amide bonds. The summed E-state index contributed by atoms with van der Waals surface area (Å²) in [6.45, 7) is 0. The quantitative estimate of drug-likeness (QED) is 0.633. The lowest BCUT2D eigenvalue weighted by atomic mass is 10.1. The summed E-state index contributed by atoms with van der Waals surface area (Å²) in [7, 11) is 0. The van der Waals surface area contributed by atoms with E-state index in [4.69, 9.17) is 4.42 Å². The number of hydrogen-bond donors (Lipinski definition) is 0. The average molecular weight is 263 g/mol. The molecule has 4 heteroatoms. The van der Waals surface area contributed by atoms with Gasteiger partial charge in [-0.25, -0.2) is 4.90 Å². The predicted octanol–water partition coefficient (Wildman–Crippen LogP) is 3.23. The lowest BCUT2D eigenvalue weighted by Crippen LogP contribution is -2.29. The van der Waals surface area contributed by atoms with Crippen LogP contribution < -0.4 is 4.90 Å². The van der Waals surface area contributed by atoms with Gasteiger partial charge < -0.3 is 4.42 Å². The highest BCUT2D eigenvalue weighted by molar-refractivity contribution is 6.35. The number of benzene rings is 2. The van der Waals surface area contributed by atoms with Gasteiger partial charge in [0.05, 0.1) is 23.1 Å². The molecule has 0 N–H and O–H groups in total. The lowest BCUT2D eigenvalue weighted by Gasteiger charge is -2.13. The summed E-state index contributed by atoms with van der Waals surface area (Å²) in [4.78, 5) is 26.1. The van der Waals surface area contributed by atoms with E-state index in [1.807, 2.05) is 6.07 Å². The van der Waals surface area contributed by atoms with Crippen LogP contribution in [0.25, 0.3) is 11.0 Å². The van der Waals surface area contributed by atoms with Gasteiger partial charge >= 0.3 is 0 Å². The van der Waals surface area contributed by atoms with E-state index in [-0.39, 0.29) is 11.8 Å². The number of carbonyl (C=O) groups is 2. The molecule has 3 aromatic rings. The summed E-state index contributed by atoms with van der Waals surface area (Å²) in [5.41, 5.74) is 1.89. The molecule has 20 heavy (non-hydrogen) atoms. The van der Waals surface area contributed by atoms with Crippen molar-refractivity contribution in [2.45, 2.75) is 0 Å². The number of anilines is 1. The van der Waals surface area contributed by atoms with Gasteiger partial charge in [0, 0.05) is 5.39 Å². The van der Waals surface area contributed by atoms with Gasteiger partial charge in [0.15, 0.2) is 5.58 Å². The van der Waals surface area contributed by atoms with Crippen molar-refractivity contribution in [2.75, 3.05) is 4.90 Å². The summed E-state index contributed by atoms with van der Waals surface area (Å²) in [6, 6.07) is 14.0. The Morgan fingerprint density at radius 2 is 1.50 bits per heavy atom. The second kappa shape index (κ2) is 3.81. The molecule has 0 saturated carbocycles. The Labute approximate surface area is 114 Å². The number of imide groups is 1. The van der Waals surface area contributed by atoms with Crippen molar-refractivity contribution in [3.63, 3.8) is 0 Å². The second-order valence-corrected chi connectivity index (χ2v) is 4.61. The maximum Gasteiger partial charge on any atom is 0.266 e. The molecule has 4 nitrogen and oxygen atoms in total. The van der Waals surface area contributed by atoms with Gasteiger partial charge in [0.1, 0.15) is 0 Å². The number of para-hydroxylation sites is 1. The van der Waals surface area contributed by atoms with Crippen molar-refractivity contribution in [1.29, 1.82) is 0 Å². The van der Waals surface area contributed by atoms with E-state index in [1.54, 1.807) is 48.7 Å². The first-order valence-corrected chi connectivity index (χ1v) is 6.21. The topological polar surface area (TPSA) is 50.5 Å². The Morgan fingerprint density at radius 3 is 2.20 bits per heavy atom. The average Bonchev–Trinajstić information content (AvgIpc) is 3.04. The van der Waals surface area contributed by atoms with Crippen LogP contribution in [0.4, 0.5) is 5.69 Å². The molecule has 0 fully saturated rings. The molecule has 0 aliphatic carbocycles. The van der Waals surface area contributed by atoms with Crippen LogP contribution in [0.3, 0.4) is 0 Å². The number of furan rings is 1. The SMILES string of the molecule is O=C1c2ccccc2C(=O)N1c1cccc2ccoc12. The van der Waals surface area contributed by atoms with E-state index in [9.17, 15) is 9.59 Å². The highest BCUT2D eigenvalue weighted by Crippen LogP contribution is 2.33. The Kier molecular flexibility index (Phi) is 2.09.